The zero-order valence-corrected chi connectivity index (χ0v) is 10.4. The van der Waals surface area contributed by atoms with Crippen molar-refractivity contribution in [3.05, 3.63) is 46.5 Å². The molecule has 0 aliphatic carbocycles. The lowest BCUT2D eigenvalue weighted by atomic mass is 10.4. The molecular weight excluding hydrogens is 268 g/mol. The summed E-state index contributed by atoms with van der Waals surface area (Å²) in [6.45, 7) is 0. The van der Waals surface area contributed by atoms with Crippen molar-refractivity contribution in [2.45, 2.75) is 10.8 Å². The van der Waals surface area contributed by atoms with E-state index in [1.54, 1.807) is 22.9 Å². The SMILES string of the molecule is O=[N+]([O-])c1ccc2nc(CSc3cn[nH]n3)cn2c1. The maximum absolute atomic E-state index is 10.7. The molecule has 0 aromatic carbocycles. The molecule has 0 saturated carbocycles. The standard InChI is InChI=1S/C10H8N6O2S/c17-16(18)8-1-2-9-12-7(4-15(9)5-8)6-19-10-3-11-14-13-10/h1-5H,6H2,(H,11,13,14). The Kier molecular flexibility index (Phi) is 2.88. The number of hydrogen-bond donors (Lipinski definition) is 1. The number of aromatic nitrogens is 5. The molecule has 3 rings (SSSR count). The number of nitrogens with zero attached hydrogens (tertiary/aromatic N) is 5. The molecule has 0 spiro atoms. The smallest absolute Gasteiger partial charge is 0.286 e. The predicted octanol–water partition coefficient (Wildman–Crippen LogP) is 1.65. The lowest BCUT2D eigenvalue weighted by Gasteiger charge is -1.92. The van der Waals surface area contributed by atoms with Gasteiger partial charge in [0.25, 0.3) is 5.69 Å². The van der Waals surface area contributed by atoms with E-state index in [0.717, 1.165) is 10.7 Å². The third-order valence-electron chi connectivity index (χ3n) is 2.46. The maximum atomic E-state index is 10.7. The summed E-state index contributed by atoms with van der Waals surface area (Å²) in [6.07, 6.45) is 4.85. The summed E-state index contributed by atoms with van der Waals surface area (Å²) < 4.78 is 1.65. The minimum atomic E-state index is -0.427. The molecule has 3 aromatic heterocycles. The first kappa shape index (κ1) is 11.7. The molecule has 0 aliphatic heterocycles. The van der Waals surface area contributed by atoms with E-state index in [4.69, 9.17) is 0 Å². The summed E-state index contributed by atoms with van der Waals surface area (Å²) >= 11 is 1.49. The number of pyridine rings is 1. The second-order valence-corrected chi connectivity index (χ2v) is 4.73. The summed E-state index contributed by atoms with van der Waals surface area (Å²) in [6, 6.07) is 3.07. The van der Waals surface area contributed by atoms with Gasteiger partial charge in [-0.15, -0.1) is 5.10 Å². The topological polar surface area (TPSA) is 102 Å². The second kappa shape index (κ2) is 4.69. The van der Waals surface area contributed by atoms with Gasteiger partial charge in [0.1, 0.15) is 10.7 Å². The molecule has 0 fully saturated rings. The minimum absolute atomic E-state index is 0.0422. The highest BCUT2D eigenvalue weighted by Gasteiger charge is 2.09. The van der Waals surface area contributed by atoms with Crippen molar-refractivity contribution < 1.29 is 4.92 Å². The predicted molar refractivity (Wildman–Crippen MR) is 67.8 cm³/mol. The third-order valence-corrected chi connectivity index (χ3v) is 3.39. The zero-order chi connectivity index (χ0) is 13.2. The van der Waals surface area contributed by atoms with Gasteiger partial charge in [-0.05, 0) is 6.07 Å². The average Bonchev–Trinajstić information content (AvgIpc) is 3.04. The summed E-state index contributed by atoms with van der Waals surface area (Å²) in [4.78, 5) is 14.6. The maximum Gasteiger partial charge on any atom is 0.286 e. The molecule has 3 aromatic rings. The number of nitro groups is 1. The highest BCUT2D eigenvalue weighted by Crippen LogP contribution is 2.20. The zero-order valence-electron chi connectivity index (χ0n) is 9.55. The second-order valence-electron chi connectivity index (χ2n) is 3.74. The van der Waals surface area contributed by atoms with Crippen molar-refractivity contribution >= 4 is 23.1 Å². The van der Waals surface area contributed by atoms with Crippen LogP contribution < -0.4 is 0 Å². The van der Waals surface area contributed by atoms with E-state index in [2.05, 4.69) is 20.4 Å². The lowest BCUT2D eigenvalue weighted by molar-refractivity contribution is -0.385. The van der Waals surface area contributed by atoms with Gasteiger partial charge in [0.05, 0.1) is 23.0 Å². The molecule has 3 heterocycles. The van der Waals surface area contributed by atoms with E-state index in [9.17, 15) is 10.1 Å². The van der Waals surface area contributed by atoms with Gasteiger partial charge < -0.3 is 0 Å². The van der Waals surface area contributed by atoms with Crippen LogP contribution in [0.2, 0.25) is 0 Å². The Balaban J connectivity index is 1.83. The molecule has 0 amide bonds. The van der Waals surface area contributed by atoms with Crippen LogP contribution in [-0.2, 0) is 5.75 Å². The monoisotopic (exact) mass is 276 g/mol. The molecule has 1 N–H and O–H groups in total. The number of H-pyrrole nitrogens is 1. The van der Waals surface area contributed by atoms with Crippen molar-refractivity contribution in [2.75, 3.05) is 0 Å². The van der Waals surface area contributed by atoms with Crippen molar-refractivity contribution in [3.8, 4) is 0 Å². The normalized spacial score (nSPS) is 10.9. The highest BCUT2D eigenvalue weighted by atomic mass is 32.2. The van der Waals surface area contributed by atoms with Gasteiger partial charge in [-0.3, -0.25) is 14.5 Å². The van der Waals surface area contributed by atoms with Gasteiger partial charge in [0.15, 0.2) is 0 Å². The van der Waals surface area contributed by atoms with E-state index < -0.39 is 4.92 Å². The van der Waals surface area contributed by atoms with E-state index in [1.807, 2.05) is 0 Å². The number of aromatic amines is 1. The Morgan fingerprint density at radius 1 is 1.42 bits per heavy atom. The van der Waals surface area contributed by atoms with E-state index in [1.165, 1.54) is 24.0 Å². The molecule has 9 heteroatoms. The summed E-state index contributed by atoms with van der Waals surface area (Å²) in [5.41, 5.74) is 1.55. The van der Waals surface area contributed by atoms with Gasteiger partial charge in [0, 0.05) is 18.0 Å². The first-order chi connectivity index (χ1) is 9.22. The summed E-state index contributed by atoms with van der Waals surface area (Å²) in [5, 5.41) is 21.6. The van der Waals surface area contributed by atoms with Crippen LogP contribution in [0.4, 0.5) is 5.69 Å². The van der Waals surface area contributed by atoms with Crippen LogP contribution in [0, 0.1) is 10.1 Å². The first-order valence-electron chi connectivity index (χ1n) is 5.33. The molecule has 0 aliphatic rings. The van der Waals surface area contributed by atoms with E-state index in [0.29, 0.717) is 11.4 Å². The fourth-order valence-corrected chi connectivity index (χ4v) is 2.29. The average molecular weight is 276 g/mol. The molecule has 0 atom stereocenters. The van der Waals surface area contributed by atoms with Crippen LogP contribution >= 0.6 is 11.8 Å². The highest BCUT2D eigenvalue weighted by molar-refractivity contribution is 7.98. The fraction of sp³-hybridized carbons (Fsp3) is 0.100. The Hall–Kier alpha value is -2.42. The largest absolute Gasteiger partial charge is 0.300 e. The quantitative estimate of drug-likeness (QED) is 0.441. The Labute approximate surface area is 111 Å². The van der Waals surface area contributed by atoms with Crippen LogP contribution in [0.15, 0.2) is 35.7 Å². The van der Waals surface area contributed by atoms with Gasteiger partial charge >= 0.3 is 0 Å². The van der Waals surface area contributed by atoms with Crippen LogP contribution in [0.1, 0.15) is 5.69 Å². The van der Waals surface area contributed by atoms with Crippen molar-refractivity contribution in [1.82, 2.24) is 24.8 Å². The number of hydrogen-bond acceptors (Lipinski definition) is 6. The van der Waals surface area contributed by atoms with Crippen molar-refractivity contribution in [2.24, 2.45) is 0 Å². The van der Waals surface area contributed by atoms with Gasteiger partial charge in [-0.25, -0.2) is 4.98 Å². The fourth-order valence-electron chi connectivity index (χ4n) is 1.62. The van der Waals surface area contributed by atoms with Gasteiger partial charge in [-0.1, -0.05) is 11.8 Å². The number of fused-ring (bicyclic) bond motifs is 1. The van der Waals surface area contributed by atoms with Gasteiger partial charge in [-0.2, -0.15) is 10.3 Å². The molecule has 0 bridgehead atoms. The Bertz CT molecular complexity index is 723. The number of imidazole rings is 1. The molecule has 0 saturated heterocycles. The van der Waals surface area contributed by atoms with E-state index in [-0.39, 0.29) is 5.69 Å². The molecule has 0 unspecified atom stereocenters. The molecule has 8 nitrogen and oxygen atoms in total. The molecule has 19 heavy (non-hydrogen) atoms. The Morgan fingerprint density at radius 3 is 3.05 bits per heavy atom. The third kappa shape index (κ3) is 2.40. The molecule has 96 valence electrons. The van der Waals surface area contributed by atoms with E-state index >= 15 is 0 Å². The number of thioether (sulfide) groups is 1. The van der Waals surface area contributed by atoms with Crippen LogP contribution in [0.25, 0.3) is 5.65 Å². The van der Waals surface area contributed by atoms with Crippen LogP contribution in [0.3, 0.4) is 0 Å². The molecule has 0 radical (unpaired) electrons. The van der Waals surface area contributed by atoms with Crippen molar-refractivity contribution in [1.29, 1.82) is 0 Å². The molecular formula is C10H8N6O2S. The number of rotatable bonds is 4. The summed E-state index contributed by atoms with van der Waals surface area (Å²) in [5.74, 6) is 0.627. The lowest BCUT2D eigenvalue weighted by Crippen LogP contribution is -1.90. The minimum Gasteiger partial charge on any atom is -0.300 e. The Morgan fingerprint density at radius 2 is 2.32 bits per heavy atom. The van der Waals surface area contributed by atoms with Crippen LogP contribution in [-0.4, -0.2) is 29.7 Å². The van der Waals surface area contributed by atoms with Gasteiger partial charge in [0.2, 0.25) is 0 Å². The number of nitrogens with one attached hydrogen (secondary N) is 1. The van der Waals surface area contributed by atoms with Crippen molar-refractivity contribution in [3.63, 3.8) is 0 Å². The first-order valence-corrected chi connectivity index (χ1v) is 6.31. The summed E-state index contributed by atoms with van der Waals surface area (Å²) in [7, 11) is 0. The van der Waals surface area contributed by atoms with Crippen LogP contribution in [0.5, 0.6) is 0 Å².